The zero-order chi connectivity index (χ0) is 10.6. The molecule has 0 aliphatic heterocycles. The molecule has 2 N–H and O–H groups in total. The quantitative estimate of drug-likeness (QED) is 0.802. The van der Waals surface area contributed by atoms with Gasteiger partial charge in [0.2, 0.25) is 0 Å². The minimum atomic E-state index is 0.341. The van der Waals surface area contributed by atoms with Gasteiger partial charge in [-0.1, -0.05) is 29.3 Å². The molecule has 3 rings (SSSR count). The highest BCUT2D eigenvalue weighted by Gasteiger charge is 2.60. The van der Waals surface area contributed by atoms with E-state index in [4.69, 9.17) is 28.9 Å². The largest absolute Gasteiger partial charge is 0.328 e. The maximum absolute atomic E-state index is 6.05. The van der Waals surface area contributed by atoms with Gasteiger partial charge in [0.05, 0.1) is 10.0 Å². The molecule has 0 amide bonds. The van der Waals surface area contributed by atoms with Crippen LogP contribution in [0, 0.1) is 5.92 Å². The summed E-state index contributed by atoms with van der Waals surface area (Å²) in [4.78, 5) is 0. The third-order valence-corrected chi connectivity index (χ3v) is 4.68. The molecule has 2 saturated carbocycles. The Kier molecular flexibility index (Phi) is 2.08. The summed E-state index contributed by atoms with van der Waals surface area (Å²) in [5.41, 5.74) is 7.66. The second-order valence-electron chi connectivity index (χ2n) is 4.89. The molecule has 2 aliphatic carbocycles. The first kappa shape index (κ1) is 9.95. The van der Waals surface area contributed by atoms with Crippen molar-refractivity contribution in [3.63, 3.8) is 0 Å². The third-order valence-electron chi connectivity index (χ3n) is 3.94. The molecule has 80 valence electrons. The Labute approximate surface area is 99.6 Å². The van der Waals surface area contributed by atoms with Gasteiger partial charge in [-0.3, -0.25) is 0 Å². The van der Waals surface area contributed by atoms with E-state index in [1.807, 2.05) is 12.1 Å². The van der Waals surface area contributed by atoms with E-state index in [2.05, 4.69) is 6.07 Å². The second kappa shape index (κ2) is 3.13. The van der Waals surface area contributed by atoms with Crippen LogP contribution in [0.3, 0.4) is 0 Å². The summed E-state index contributed by atoms with van der Waals surface area (Å²) in [6, 6.07) is 6.39. The van der Waals surface area contributed by atoms with Crippen LogP contribution in [-0.4, -0.2) is 6.04 Å². The Balaban J connectivity index is 1.97. The van der Waals surface area contributed by atoms with Gasteiger partial charge >= 0.3 is 0 Å². The monoisotopic (exact) mass is 241 g/mol. The number of nitrogens with two attached hydrogens (primary N) is 1. The molecule has 1 nitrogen and oxygen atoms in total. The van der Waals surface area contributed by atoms with Crippen LogP contribution in [0.15, 0.2) is 18.2 Å². The first-order valence-corrected chi connectivity index (χ1v) is 6.08. The average Bonchev–Trinajstić information content (AvgIpc) is 2.75. The summed E-state index contributed by atoms with van der Waals surface area (Å²) in [5.74, 6) is 0.782. The summed E-state index contributed by atoms with van der Waals surface area (Å²) in [6.45, 7) is 0. The zero-order valence-electron chi connectivity index (χ0n) is 8.34. The van der Waals surface area contributed by atoms with Gasteiger partial charge < -0.3 is 5.73 Å². The highest BCUT2D eigenvalue weighted by Crippen LogP contribution is 2.64. The van der Waals surface area contributed by atoms with Crippen LogP contribution >= 0.6 is 23.2 Å². The van der Waals surface area contributed by atoms with Crippen LogP contribution in [0.2, 0.25) is 10.0 Å². The molecule has 3 heteroatoms. The van der Waals surface area contributed by atoms with Gasteiger partial charge in [-0.25, -0.2) is 0 Å². The molecule has 0 unspecified atom stereocenters. The van der Waals surface area contributed by atoms with E-state index in [1.54, 1.807) is 0 Å². The molecule has 1 aromatic rings. The normalized spacial score (nSPS) is 37.8. The molecule has 2 aliphatic rings. The lowest BCUT2D eigenvalue weighted by atomic mass is 9.92. The van der Waals surface area contributed by atoms with Gasteiger partial charge in [0.15, 0.2) is 0 Å². The smallest absolute Gasteiger partial charge is 0.0595 e. The Morgan fingerprint density at radius 2 is 2.00 bits per heavy atom. The zero-order valence-corrected chi connectivity index (χ0v) is 9.85. The maximum atomic E-state index is 6.05. The Morgan fingerprint density at radius 3 is 2.60 bits per heavy atom. The first-order valence-electron chi connectivity index (χ1n) is 5.33. The van der Waals surface area contributed by atoms with E-state index in [-0.39, 0.29) is 0 Å². The lowest BCUT2D eigenvalue weighted by Crippen LogP contribution is -2.20. The van der Waals surface area contributed by atoms with E-state index < -0.39 is 0 Å². The Bertz CT molecular complexity index is 418. The number of hydrogen-bond donors (Lipinski definition) is 1. The standard InChI is InChI=1S/C12H13Cl2N/c13-10-2-1-7(4-11(10)14)12-5-8(12)3-9(15)6-12/h1-2,4,8-9H,3,5-6,15H2/t8-,9-,12-/m0/s1. The van der Waals surface area contributed by atoms with Crippen molar-refractivity contribution in [1.82, 2.24) is 0 Å². The highest BCUT2D eigenvalue weighted by molar-refractivity contribution is 6.42. The molecule has 0 spiro atoms. The fourth-order valence-electron chi connectivity index (χ4n) is 3.13. The number of fused-ring (bicyclic) bond motifs is 1. The minimum absolute atomic E-state index is 0.341. The van der Waals surface area contributed by atoms with Crippen molar-refractivity contribution in [2.45, 2.75) is 30.7 Å². The summed E-state index contributed by atoms with van der Waals surface area (Å²) in [5, 5.41) is 1.30. The summed E-state index contributed by atoms with van der Waals surface area (Å²) < 4.78 is 0. The highest BCUT2D eigenvalue weighted by atomic mass is 35.5. The molecule has 3 atom stereocenters. The molecule has 0 aromatic heterocycles. The number of hydrogen-bond acceptors (Lipinski definition) is 1. The molecule has 0 saturated heterocycles. The minimum Gasteiger partial charge on any atom is -0.328 e. The summed E-state index contributed by atoms with van der Waals surface area (Å²) in [7, 11) is 0. The van der Waals surface area contributed by atoms with E-state index in [0.29, 0.717) is 21.5 Å². The molecule has 15 heavy (non-hydrogen) atoms. The maximum Gasteiger partial charge on any atom is 0.0595 e. The fourth-order valence-corrected chi connectivity index (χ4v) is 3.43. The van der Waals surface area contributed by atoms with Gasteiger partial charge in [-0.15, -0.1) is 0 Å². The lowest BCUT2D eigenvalue weighted by molar-refractivity contribution is 0.583. The van der Waals surface area contributed by atoms with E-state index in [9.17, 15) is 0 Å². The second-order valence-corrected chi connectivity index (χ2v) is 5.70. The van der Waals surface area contributed by atoms with Crippen molar-refractivity contribution in [2.24, 2.45) is 11.7 Å². The molecule has 1 aromatic carbocycles. The van der Waals surface area contributed by atoms with Crippen LogP contribution in [0.25, 0.3) is 0 Å². The number of benzene rings is 1. The van der Waals surface area contributed by atoms with Crippen molar-refractivity contribution >= 4 is 23.2 Å². The van der Waals surface area contributed by atoms with E-state index in [0.717, 1.165) is 12.3 Å². The van der Waals surface area contributed by atoms with Crippen molar-refractivity contribution in [1.29, 1.82) is 0 Å². The number of halogens is 2. The van der Waals surface area contributed by atoms with Crippen molar-refractivity contribution < 1.29 is 0 Å². The predicted octanol–water partition coefficient (Wildman–Crippen LogP) is 3.37. The molecular weight excluding hydrogens is 229 g/mol. The van der Waals surface area contributed by atoms with Gasteiger partial charge in [-0.2, -0.15) is 0 Å². The molecule has 0 bridgehead atoms. The van der Waals surface area contributed by atoms with Gasteiger partial charge in [0.1, 0.15) is 0 Å². The average molecular weight is 242 g/mol. The summed E-state index contributed by atoms with van der Waals surface area (Å²) in [6.07, 6.45) is 3.55. The lowest BCUT2D eigenvalue weighted by Gasteiger charge is -2.15. The molecular formula is C12H13Cl2N. The van der Waals surface area contributed by atoms with Crippen LogP contribution in [0.1, 0.15) is 24.8 Å². The number of rotatable bonds is 1. The van der Waals surface area contributed by atoms with Crippen molar-refractivity contribution in [3.05, 3.63) is 33.8 Å². The third kappa shape index (κ3) is 1.41. The van der Waals surface area contributed by atoms with Crippen LogP contribution in [-0.2, 0) is 5.41 Å². The van der Waals surface area contributed by atoms with Crippen LogP contribution in [0.5, 0.6) is 0 Å². The summed E-state index contributed by atoms with van der Waals surface area (Å²) >= 11 is 12.0. The van der Waals surface area contributed by atoms with Crippen LogP contribution in [0.4, 0.5) is 0 Å². The molecule has 0 radical (unpaired) electrons. The van der Waals surface area contributed by atoms with Crippen molar-refractivity contribution in [2.75, 3.05) is 0 Å². The topological polar surface area (TPSA) is 26.0 Å². The molecule has 0 heterocycles. The first-order chi connectivity index (χ1) is 7.12. The van der Waals surface area contributed by atoms with E-state index >= 15 is 0 Å². The van der Waals surface area contributed by atoms with Gasteiger partial charge in [-0.05, 0) is 42.9 Å². The predicted molar refractivity (Wildman–Crippen MR) is 63.5 cm³/mol. The van der Waals surface area contributed by atoms with E-state index in [1.165, 1.54) is 18.4 Å². The SMILES string of the molecule is N[C@H]1C[C@H]2C[C@@]2(c2ccc(Cl)c(Cl)c2)C1. The Hall–Kier alpha value is -0.240. The van der Waals surface area contributed by atoms with Crippen LogP contribution < -0.4 is 5.73 Å². The Morgan fingerprint density at radius 1 is 1.20 bits per heavy atom. The fraction of sp³-hybridized carbons (Fsp3) is 0.500. The molecule has 2 fully saturated rings. The van der Waals surface area contributed by atoms with Gasteiger partial charge in [0, 0.05) is 11.5 Å². The van der Waals surface area contributed by atoms with Gasteiger partial charge in [0.25, 0.3) is 0 Å². The van der Waals surface area contributed by atoms with Crippen molar-refractivity contribution in [3.8, 4) is 0 Å².